The second-order valence-electron chi connectivity index (χ2n) is 10.7. The van der Waals surface area contributed by atoms with Gasteiger partial charge in [0.05, 0.1) is 7.14 Å². The number of hydrogen-bond acceptors (Lipinski definition) is 5. The topological polar surface area (TPSA) is 85.3 Å². The van der Waals surface area contributed by atoms with Gasteiger partial charge in [-0.1, -0.05) is 98.4 Å². The third-order valence-corrected chi connectivity index (χ3v) is 0. The van der Waals surface area contributed by atoms with E-state index in [1.807, 2.05) is 0 Å². The molecule has 5 nitrogen and oxygen atoms in total. The van der Waals surface area contributed by atoms with Crippen LogP contribution >= 0.6 is 7.14 Å². The highest BCUT2D eigenvalue weighted by Gasteiger charge is 1.99. The molecule has 0 aliphatic carbocycles. The molecule has 0 aliphatic rings. The molecule has 0 rings (SSSR count). The summed E-state index contributed by atoms with van der Waals surface area (Å²) in [5.41, 5.74) is 0.500. The number of Topliss-reactive ketones (excluding diaryl/α,β-unsaturated/α-hetero) is 1. The summed E-state index contributed by atoms with van der Waals surface area (Å²) in [7, 11) is -5.53. The van der Waals surface area contributed by atoms with E-state index < -0.39 is 35.9 Å². The molecular formula is C25H75O5PS2Si. The van der Waals surface area contributed by atoms with Crippen LogP contribution in [0.3, 0.4) is 0 Å². The number of carbonyl (C=O) groups is 1. The minimum absolute atomic E-state index is 0. The molecule has 0 atom stereocenters. The molecule has 0 radical (unpaired) electrons. The summed E-state index contributed by atoms with van der Waals surface area (Å²) >= 11 is 0. The molecule has 0 spiro atoms. The number of rotatable bonds is 0. The van der Waals surface area contributed by atoms with Crippen molar-refractivity contribution in [2.24, 2.45) is 5.41 Å². The highest BCUT2D eigenvalue weighted by Crippen LogP contribution is 2.28. The molecular weight excluding hydrogens is 503 g/mol. The Bertz CT molecular complexity index is 468. The van der Waals surface area contributed by atoms with Crippen LogP contribution in [0.25, 0.3) is 0 Å². The van der Waals surface area contributed by atoms with Crippen molar-refractivity contribution in [3.8, 4) is 0 Å². The second kappa shape index (κ2) is 37.8. The third-order valence-electron chi connectivity index (χ3n) is 0. The fraction of sp³-hybridized carbons (Fsp3) is 0.960. The summed E-state index contributed by atoms with van der Waals surface area (Å²) in [6, 6.07) is 0. The first-order valence-electron chi connectivity index (χ1n) is 8.86. The van der Waals surface area contributed by atoms with E-state index in [0.717, 1.165) is 12.5 Å². The maximum Gasteiger partial charge on any atom is 0.144 e. The van der Waals surface area contributed by atoms with Crippen molar-refractivity contribution in [2.45, 2.75) is 112 Å². The molecule has 0 aromatic carbocycles. The lowest BCUT2D eigenvalue weighted by Gasteiger charge is -2.05. The summed E-state index contributed by atoms with van der Waals surface area (Å²) in [4.78, 5) is 9.44. The summed E-state index contributed by atoms with van der Waals surface area (Å²) in [5, 5.41) is 0. The van der Waals surface area contributed by atoms with Crippen molar-refractivity contribution in [1.29, 1.82) is 0 Å². The van der Waals surface area contributed by atoms with Gasteiger partial charge in [0.25, 0.3) is 0 Å². The Labute approximate surface area is 225 Å². The SMILES string of the molecule is C.C.C.C.C.C.CC(C)(C)C.CC(C)=O.CP(C)(C)=O.CS(C)(=O)=O.CS(C)=O.C[Si](C)(C)C. The van der Waals surface area contributed by atoms with Gasteiger partial charge in [0, 0.05) is 43.9 Å². The summed E-state index contributed by atoms with van der Waals surface area (Å²) in [5.74, 6) is 0.167. The quantitative estimate of drug-likeness (QED) is 0.211. The van der Waals surface area contributed by atoms with E-state index in [0.29, 0.717) is 5.41 Å². The van der Waals surface area contributed by atoms with E-state index in [4.69, 9.17) is 0 Å². The van der Waals surface area contributed by atoms with Crippen LogP contribution < -0.4 is 0 Å². The van der Waals surface area contributed by atoms with Crippen LogP contribution in [0.2, 0.25) is 26.2 Å². The zero-order valence-electron chi connectivity index (χ0n) is 21.8. The van der Waals surface area contributed by atoms with Crippen LogP contribution in [0.5, 0.6) is 0 Å². The third kappa shape index (κ3) is 667000. The lowest BCUT2D eigenvalue weighted by Crippen LogP contribution is -2.10. The molecule has 9 heteroatoms. The second-order valence-corrected chi connectivity index (χ2v) is 24.2. The van der Waals surface area contributed by atoms with Crippen LogP contribution in [0, 0.1) is 5.41 Å². The van der Waals surface area contributed by atoms with Crippen LogP contribution in [0.15, 0.2) is 0 Å². The summed E-state index contributed by atoms with van der Waals surface area (Å²) in [6.45, 7) is 26.3. The Kier molecular flexibility index (Phi) is 84.9. The van der Waals surface area contributed by atoms with Gasteiger partial charge in [0.1, 0.15) is 15.6 Å². The number of hydrogen-bond donors (Lipinski definition) is 0. The standard InChI is InChI=1S/C5H12.C4H12Si.C3H9OP.C3H6O.C2H6O2S.C2H6OS.6CH4/c3*1-5(2,3)4;1-3(2)4;1-5(2,3)4;1-4(2)3;;;;;;/h2*1-4H3;1-3H3;1-2H3;1-2H3;1-2H3;6*1H4. The first-order valence-corrected chi connectivity index (χ1v) is 20.2. The molecule has 0 saturated carbocycles. The van der Waals surface area contributed by atoms with E-state index in [2.05, 4.69) is 53.9 Å². The van der Waals surface area contributed by atoms with E-state index in [1.165, 1.54) is 13.8 Å². The van der Waals surface area contributed by atoms with Crippen molar-refractivity contribution in [3.05, 3.63) is 0 Å². The van der Waals surface area contributed by atoms with Crippen LogP contribution in [0.4, 0.5) is 0 Å². The molecule has 34 heavy (non-hydrogen) atoms. The molecule has 0 aromatic rings. The first-order chi connectivity index (χ1) is 11.5. The minimum atomic E-state index is -2.67. The predicted octanol–water partition coefficient (Wildman–Crippen LogP) is 9.31. The normalized spacial score (nSPS) is 8.76. The van der Waals surface area contributed by atoms with Gasteiger partial charge >= 0.3 is 0 Å². The molecule has 0 aliphatic heterocycles. The Morgan fingerprint density at radius 3 is 0.735 bits per heavy atom. The molecule has 0 N–H and O–H groups in total. The Morgan fingerprint density at radius 2 is 0.735 bits per heavy atom. The fourth-order valence-corrected chi connectivity index (χ4v) is 0. The zero-order valence-corrected chi connectivity index (χ0v) is 25.3. The Morgan fingerprint density at radius 1 is 0.735 bits per heavy atom. The van der Waals surface area contributed by atoms with Gasteiger partial charge in [0.2, 0.25) is 0 Å². The van der Waals surface area contributed by atoms with Crippen molar-refractivity contribution < 1.29 is 22.0 Å². The maximum atomic E-state index is 10.2. The van der Waals surface area contributed by atoms with Gasteiger partial charge in [-0.05, 0) is 39.3 Å². The highest BCUT2D eigenvalue weighted by molar-refractivity contribution is 7.89. The number of sulfone groups is 1. The summed E-state index contributed by atoms with van der Waals surface area (Å²) < 4.78 is 39.0. The molecule has 0 amide bonds. The summed E-state index contributed by atoms with van der Waals surface area (Å²) in [6.07, 6.45) is 5.60. The van der Waals surface area contributed by atoms with Gasteiger partial charge in [0.15, 0.2) is 0 Å². The number of carbonyl (C=O) groups excluding carboxylic acids is 1. The first kappa shape index (κ1) is 76.5. The highest BCUT2D eigenvalue weighted by atomic mass is 32.2. The van der Waals surface area contributed by atoms with E-state index in [9.17, 15) is 22.0 Å². The van der Waals surface area contributed by atoms with Crippen molar-refractivity contribution >= 4 is 41.6 Å². The van der Waals surface area contributed by atoms with Gasteiger partial charge in [-0.25, -0.2) is 8.42 Å². The molecule has 0 fully saturated rings. The molecule has 0 heterocycles. The Hall–Kier alpha value is 0.217. The van der Waals surface area contributed by atoms with Crippen molar-refractivity contribution in [3.63, 3.8) is 0 Å². The average Bonchev–Trinajstić information content (AvgIpc) is 1.99. The van der Waals surface area contributed by atoms with Crippen molar-refractivity contribution in [1.82, 2.24) is 0 Å². The largest absolute Gasteiger partial charge is 0.324 e. The number of ketones is 1. The Balaban J connectivity index is -0.0000000165. The zero-order chi connectivity index (χ0) is 25.2. The van der Waals surface area contributed by atoms with E-state index in [1.54, 1.807) is 32.5 Å². The van der Waals surface area contributed by atoms with Crippen molar-refractivity contribution in [2.75, 3.05) is 45.0 Å². The molecule has 0 aromatic heterocycles. The fourth-order valence-electron chi connectivity index (χ4n) is 0. The van der Waals surface area contributed by atoms with Gasteiger partial charge < -0.3 is 9.36 Å². The molecule has 226 valence electrons. The van der Waals surface area contributed by atoms with Crippen LogP contribution in [-0.2, 0) is 30.0 Å². The lowest BCUT2D eigenvalue weighted by atomic mass is 10.0. The minimum Gasteiger partial charge on any atom is -0.324 e. The maximum absolute atomic E-state index is 10.2. The van der Waals surface area contributed by atoms with Gasteiger partial charge in [-0.15, -0.1) is 0 Å². The van der Waals surface area contributed by atoms with Gasteiger partial charge in [-0.2, -0.15) is 0 Å². The monoisotopic (exact) mass is 578 g/mol. The smallest absolute Gasteiger partial charge is 0.144 e. The lowest BCUT2D eigenvalue weighted by molar-refractivity contribution is -0.115. The molecule has 0 saturated heterocycles. The predicted molar refractivity (Wildman–Crippen MR) is 177 cm³/mol. The van der Waals surface area contributed by atoms with E-state index in [-0.39, 0.29) is 50.3 Å². The van der Waals surface area contributed by atoms with Crippen LogP contribution in [0.1, 0.15) is 86.1 Å². The van der Waals surface area contributed by atoms with Crippen LogP contribution in [-0.4, -0.2) is 71.5 Å². The molecule has 0 bridgehead atoms. The average molecular weight is 579 g/mol. The van der Waals surface area contributed by atoms with E-state index >= 15 is 0 Å². The van der Waals surface area contributed by atoms with Gasteiger partial charge in [-0.3, -0.25) is 4.21 Å². The molecule has 0 unspecified atom stereocenters.